The molecule has 1 saturated heterocycles. The second-order valence-corrected chi connectivity index (χ2v) is 6.87. The number of amides is 2. The number of nitrogens with zero attached hydrogens (tertiary/aromatic N) is 3. The van der Waals surface area contributed by atoms with E-state index in [1.807, 2.05) is 24.8 Å². The molecule has 1 aliphatic rings. The van der Waals surface area contributed by atoms with Crippen LogP contribution in [-0.4, -0.2) is 39.3 Å². The molecule has 1 fully saturated rings. The van der Waals surface area contributed by atoms with Crippen LogP contribution in [0.5, 0.6) is 0 Å². The van der Waals surface area contributed by atoms with Gasteiger partial charge in [0.05, 0.1) is 11.9 Å². The number of aryl methyl sites for hydroxylation is 2. The first-order valence-corrected chi connectivity index (χ1v) is 8.97. The Kier molecular flexibility index (Phi) is 5.30. The highest BCUT2D eigenvalue weighted by atomic mass is 16.2. The molecule has 2 amide bonds. The lowest BCUT2D eigenvalue weighted by Gasteiger charge is -2.33. The standard InChI is InChI=1S/C20H24N4O2/c1-13-10-16(20(26)24-9-5-4-6-15(24)3)7-8-17(13)23-19(25)18-12-21-14(2)11-22-18/h7-8,10-12,15H,4-6,9H2,1-3H3,(H,23,25). The topological polar surface area (TPSA) is 75.2 Å². The highest BCUT2D eigenvalue weighted by Gasteiger charge is 2.24. The van der Waals surface area contributed by atoms with Crippen LogP contribution in [0.3, 0.4) is 0 Å². The maximum atomic E-state index is 12.8. The Labute approximate surface area is 153 Å². The summed E-state index contributed by atoms with van der Waals surface area (Å²) in [6.45, 7) is 6.61. The molecule has 0 radical (unpaired) electrons. The highest BCUT2D eigenvalue weighted by Crippen LogP contribution is 2.22. The van der Waals surface area contributed by atoms with Gasteiger partial charge in [-0.1, -0.05) is 0 Å². The van der Waals surface area contributed by atoms with Crippen LogP contribution < -0.4 is 5.32 Å². The summed E-state index contributed by atoms with van der Waals surface area (Å²) in [6, 6.07) is 5.65. The molecule has 0 saturated carbocycles. The van der Waals surface area contributed by atoms with Gasteiger partial charge in [0.1, 0.15) is 5.69 Å². The summed E-state index contributed by atoms with van der Waals surface area (Å²) < 4.78 is 0. The molecular formula is C20H24N4O2. The highest BCUT2D eigenvalue weighted by molar-refractivity contribution is 6.03. The number of likely N-dealkylation sites (tertiary alicyclic amines) is 1. The first-order chi connectivity index (χ1) is 12.5. The van der Waals surface area contributed by atoms with Gasteiger partial charge < -0.3 is 10.2 Å². The normalized spacial score (nSPS) is 17.0. The molecule has 1 N–H and O–H groups in total. The second kappa shape index (κ2) is 7.64. The molecule has 26 heavy (non-hydrogen) atoms. The minimum absolute atomic E-state index is 0.0579. The zero-order chi connectivity index (χ0) is 18.7. The van der Waals surface area contributed by atoms with E-state index in [9.17, 15) is 9.59 Å². The van der Waals surface area contributed by atoms with Gasteiger partial charge in [0.2, 0.25) is 0 Å². The van der Waals surface area contributed by atoms with Gasteiger partial charge in [0.25, 0.3) is 11.8 Å². The van der Waals surface area contributed by atoms with E-state index in [2.05, 4.69) is 22.2 Å². The Morgan fingerprint density at radius 1 is 1.15 bits per heavy atom. The van der Waals surface area contributed by atoms with Crippen molar-refractivity contribution in [1.82, 2.24) is 14.9 Å². The molecule has 1 atom stereocenters. The van der Waals surface area contributed by atoms with Crippen molar-refractivity contribution in [2.45, 2.75) is 46.1 Å². The molecule has 1 aromatic carbocycles. The van der Waals surface area contributed by atoms with Gasteiger partial charge in [-0.05, 0) is 63.8 Å². The van der Waals surface area contributed by atoms with E-state index in [-0.39, 0.29) is 23.6 Å². The lowest BCUT2D eigenvalue weighted by Crippen LogP contribution is -2.42. The van der Waals surface area contributed by atoms with E-state index < -0.39 is 0 Å². The van der Waals surface area contributed by atoms with Crippen LogP contribution in [0.4, 0.5) is 5.69 Å². The van der Waals surface area contributed by atoms with Crippen molar-refractivity contribution in [3.05, 3.63) is 53.1 Å². The van der Waals surface area contributed by atoms with Crippen molar-refractivity contribution in [2.75, 3.05) is 11.9 Å². The Morgan fingerprint density at radius 3 is 2.62 bits per heavy atom. The van der Waals surface area contributed by atoms with Crippen LogP contribution >= 0.6 is 0 Å². The third kappa shape index (κ3) is 3.90. The van der Waals surface area contributed by atoms with Gasteiger partial charge in [0.15, 0.2) is 0 Å². The van der Waals surface area contributed by atoms with Crippen molar-refractivity contribution in [2.24, 2.45) is 0 Å². The third-order valence-electron chi connectivity index (χ3n) is 4.80. The van der Waals surface area contributed by atoms with Crippen molar-refractivity contribution in [3.8, 4) is 0 Å². The molecule has 0 bridgehead atoms. The van der Waals surface area contributed by atoms with E-state index in [0.717, 1.165) is 30.6 Å². The van der Waals surface area contributed by atoms with E-state index in [1.54, 1.807) is 18.3 Å². The van der Waals surface area contributed by atoms with Crippen molar-refractivity contribution >= 4 is 17.5 Å². The molecule has 136 valence electrons. The number of hydrogen-bond donors (Lipinski definition) is 1. The molecule has 0 aliphatic carbocycles. The summed E-state index contributed by atoms with van der Waals surface area (Å²) in [5.41, 5.74) is 3.18. The van der Waals surface area contributed by atoms with E-state index in [4.69, 9.17) is 0 Å². The predicted molar refractivity (Wildman–Crippen MR) is 100 cm³/mol. The molecule has 2 aromatic rings. The number of aromatic nitrogens is 2. The molecule has 1 aliphatic heterocycles. The molecule has 6 nitrogen and oxygen atoms in total. The van der Waals surface area contributed by atoms with Gasteiger partial charge in [-0.2, -0.15) is 0 Å². The number of nitrogens with one attached hydrogen (secondary N) is 1. The van der Waals surface area contributed by atoms with Crippen molar-refractivity contribution in [1.29, 1.82) is 0 Å². The monoisotopic (exact) mass is 352 g/mol. The zero-order valence-corrected chi connectivity index (χ0v) is 15.5. The summed E-state index contributed by atoms with van der Waals surface area (Å²) in [7, 11) is 0. The minimum Gasteiger partial charge on any atom is -0.336 e. The number of carbonyl (C=O) groups excluding carboxylic acids is 2. The lowest BCUT2D eigenvalue weighted by molar-refractivity contribution is 0.0635. The Hall–Kier alpha value is -2.76. The number of rotatable bonds is 3. The summed E-state index contributed by atoms with van der Waals surface area (Å²) in [5.74, 6) is -0.257. The zero-order valence-electron chi connectivity index (χ0n) is 15.5. The average molecular weight is 352 g/mol. The number of benzene rings is 1. The van der Waals surface area contributed by atoms with E-state index in [0.29, 0.717) is 11.3 Å². The number of carbonyl (C=O) groups is 2. The van der Waals surface area contributed by atoms with Crippen molar-refractivity contribution in [3.63, 3.8) is 0 Å². The summed E-state index contributed by atoms with van der Waals surface area (Å²) in [4.78, 5) is 35.2. The quantitative estimate of drug-likeness (QED) is 0.919. The Morgan fingerprint density at radius 2 is 1.96 bits per heavy atom. The van der Waals surface area contributed by atoms with E-state index in [1.165, 1.54) is 12.6 Å². The minimum atomic E-state index is -0.315. The van der Waals surface area contributed by atoms with E-state index >= 15 is 0 Å². The number of anilines is 1. The fraction of sp³-hybridized carbons (Fsp3) is 0.400. The van der Waals surface area contributed by atoms with Crippen LogP contribution in [0.1, 0.15) is 58.3 Å². The van der Waals surface area contributed by atoms with Gasteiger partial charge in [0, 0.05) is 30.0 Å². The van der Waals surface area contributed by atoms with Crippen LogP contribution in [-0.2, 0) is 0 Å². The third-order valence-corrected chi connectivity index (χ3v) is 4.80. The number of hydrogen-bond acceptors (Lipinski definition) is 4. The smallest absolute Gasteiger partial charge is 0.275 e. The average Bonchev–Trinajstić information content (AvgIpc) is 2.63. The maximum absolute atomic E-state index is 12.8. The molecule has 1 aromatic heterocycles. The van der Waals surface area contributed by atoms with Gasteiger partial charge >= 0.3 is 0 Å². The van der Waals surface area contributed by atoms with Crippen LogP contribution in [0.2, 0.25) is 0 Å². The van der Waals surface area contributed by atoms with Gasteiger partial charge in [-0.25, -0.2) is 4.98 Å². The fourth-order valence-electron chi connectivity index (χ4n) is 3.20. The SMILES string of the molecule is Cc1cnc(C(=O)Nc2ccc(C(=O)N3CCCCC3C)cc2C)cn1. The molecule has 3 rings (SSSR count). The number of piperidine rings is 1. The summed E-state index contributed by atoms with van der Waals surface area (Å²) >= 11 is 0. The molecule has 6 heteroatoms. The van der Waals surface area contributed by atoms with Gasteiger partial charge in [-0.3, -0.25) is 14.6 Å². The lowest BCUT2D eigenvalue weighted by atomic mass is 10.0. The van der Waals surface area contributed by atoms with Crippen LogP contribution in [0.25, 0.3) is 0 Å². The fourth-order valence-corrected chi connectivity index (χ4v) is 3.20. The largest absolute Gasteiger partial charge is 0.336 e. The molecular weight excluding hydrogens is 328 g/mol. The first kappa shape index (κ1) is 18.0. The molecule has 1 unspecified atom stereocenters. The summed E-state index contributed by atoms with van der Waals surface area (Å²) in [6.07, 6.45) is 6.30. The van der Waals surface area contributed by atoms with Crippen LogP contribution in [0, 0.1) is 13.8 Å². The molecule has 0 spiro atoms. The first-order valence-electron chi connectivity index (χ1n) is 8.97. The Balaban J connectivity index is 1.74. The summed E-state index contributed by atoms with van der Waals surface area (Å²) in [5, 5.41) is 2.83. The maximum Gasteiger partial charge on any atom is 0.275 e. The Bertz CT molecular complexity index is 817. The van der Waals surface area contributed by atoms with Gasteiger partial charge in [-0.15, -0.1) is 0 Å². The van der Waals surface area contributed by atoms with Crippen LogP contribution in [0.15, 0.2) is 30.6 Å². The predicted octanol–water partition coefficient (Wildman–Crippen LogP) is 3.36. The van der Waals surface area contributed by atoms with Crippen molar-refractivity contribution < 1.29 is 9.59 Å². The molecule has 2 heterocycles. The second-order valence-electron chi connectivity index (χ2n) is 6.87.